The lowest BCUT2D eigenvalue weighted by Gasteiger charge is -2.39. The number of rotatable bonds is 6. The van der Waals surface area contributed by atoms with Gasteiger partial charge < -0.3 is 19.1 Å². The minimum absolute atomic E-state index is 0.00195. The van der Waals surface area contributed by atoms with Crippen molar-refractivity contribution in [1.29, 1.82) is 0 Å². The number of phenolic OH excluding ortho intramolecular Hbond substituents is 1. The first-order valence-corrected chi connectivity index (χ1v) is 15.5. The number of fused-ring (bicyclic) bond motifs is 4. The molecule has 0 fully saturated rings. The summed E-state index contributed by atoms with van der Waals surface area (Å²) in [6.45, 7) is 1.42. The van der Waals surface area contributed by atoms with Crippen molar-refractivity contribution < 1.29 is 24.2 Å². The van der Waals surface area contributed by atoms with E-state index >= 15 is 0 Å². The molecule has 4 aromatic rings. The molecule has 13 nitrogen and oxygen atoms in total. The number of aryl methyl sites for hydroxylation is 2. The number of carbonyl (C=O) groups is 2. The van der Waals surface area contributed by atoms with Gasteiger partial charge >= 0.3 is 11.4 Å². The predicted octanol–water partition coefficient (Wildman–Crippen LogP) is 2.74. The zero-order chi connectivity index (χ0) is 34.2. The second-order valence-electron chi connectivity index (χ2n) is 12.0. The Morgan fingerprint density at radius 1 is 1.02 bits per heavy atom. The number of phenols is 1. The summed E-state index contributed by atoms with van der Waals surface area (Å²) in [7, 11) is 4.58. The van der Waals surface area contributed by atoms with E-state index in [9.17, 15) is 29.1 Å². The van der Waals surface area contributed by atoms with Crippen molar-refractivity contribution in [2.75, 3.05) is 14.2 Å². The topological polar surface area (TPSA) is 157 Å². The Balaban J connectivity index is 1.30. The van der Waals surface area contributed by atoms with Gasteiger partial charge in [-0.2, -0.15) is 0 Å². The van der Waals surface area contributed by atoms with Gasteiger partial charge in [0.1, 0.15) is 11.4 Å². The minimum atomic E-state index is -0.877. The molecule has 3 heterocycles. The van der Waals surface area contributed by atoms with E-state index in [1.807, 2.05) is 0 Å². The number of benzene rings is 2. The number of ether oxygens (including phenoxy) is 2. The molecule has 2 aromatic carbocycles. The second kappa shape index (κ2) is 11.4. The molecule has 2 aliphatic carbocycles. The largest absolute Gasteiger partial charge is 0.508 e. The summed E-state index contributed by atoms with van der Waals surface area (Å²) in [4.78, 5) is 72.5. The van der Waals surface area contributed by atoms with Gasteiger partial charge in [-0.05, 0) is 36.8 Å². The van der Waals surface area contributed by atoms with E-state index in [0.29, 0.717) is 38.7 Å². The van der Waals surface area contributed by atoms with Crippen molar-refractivity contribution in [3.63, 3.8) is 0 Å². The molecule has 2 atom stereocenters. The van der Waals surface area contributed by atoms with E-state index in [1.54, 1.807) is 32.2 Å². The molecule has 1 N–H and O–H groups in total. The highest BCUT2D eigenvalue weighted by molar-refractivity contribution is 6.30. The van der Waals surface area contributed by atoms with Crippen molar-refractivity contribution in [2.45, 2.75) is 44.8 Å². The van der Waals surface area contributed by atoms with Crippen LogP contribution in [0.3, 0.4) is 0 Å². The lowest BCUT2D eigenvalue weighted by atomic mass is 9.68. The third-order valence-electron chi connectivity index (χ3n) is 9.43. The molecule has 0 bridgehead atoms. The van der Waals surface area contributed by atoms with Crippen LogP contribution >= 0.6 is 11.6 Å². The van der Waals surface area contributed by atoms with Gasteiger partial charge in [-0.25, -0.2) is 28.5 Å². The van der Waals surface area contributed by atoms with E-state index in [2.05, 4.69) is 4.98 Å². The molecule has 48 heavy (non-hydrogen) atoms. The van der Waals surface area contributed by atoms with Crippen molar-refractivity contribution in [3.8, 4) is 17.2 Å². The van der Waals surface area contributed by atoms with Gasteiger partial charge in [-0.1, -0.05) is 17.7 Å². The highest BCUT2D eigenvalue weighted by Gasteiger charge is 2.45. The number of aromatic hydroxyl groups is 1. The third kappa shape index (κ3) is 4.60. The summed E-state index contributed by atoms with van der Waals surface area (Å²) >= 11 is 6.32. The van der Waals surface area contributed by atoms with E-state index in [-0.39, 0.29) is 65.7 Å². The van der Waals surface area contributed by atoms with Gasteiger partial charge in [0.2, 0.25) is 0 Å². The molecule has 0 saturated heterocycles. The highest BCUT2D eigenvalue weighted by atomic mass is 35.5. The van der Waals surface area contributed by atoms with Crippen LogP contribution in [0.25, 0.3) is 11.0 Å². The monoisotopic (exact) mass is 671 g/mol. The number of aromatic nitrogens is 5. The summed E-state index contributed by atoms with van der Waals surface area (Å²) in [6, 6.07) is 6.96. The SMILES string of the molecule is COc1cc2nc(CCn3c(=O)n4n(c3=O)[C@@H]3CC5=C(C(=O)C=C(C)C5=O)[C@@H](c5cc(Cl)ccc5O)C3=CC4)c(=O)n(C)c2cc1OC. The number of Topliss-reactive ketones (excluding diaryl/α,β-unsaturated/α-hetero) is 1. The molecule has 1 aliphatic heterocycles. The molecule has 14 heteroatoms. The quantitative estimate of drug-likeness (QED) is 0.241. The van der Waals surface area contributed by atoms with E-state index < -0.39 is 28.9 Å². The number of carbonyl (C=O) groups excluding carboxylic acids is 2. The Bertz CT molecular complexity index is 2390. The van der Waals surface area contributed by atoms with Crippen LogP contribution in [0.2, 0.25) is 5.02 Å². The molecule has 246 valence electrons. The number of allylic oxidation sites excluding steroid dienone is 6. The first kappa shape index (κ1) is 31.2. The number of methoxy groups -OCH3 is 2. The van der Waals surface area contributed by atoms with Gasteiger partial charge in [-0.3, -0.25) is 14.4 Å². The summed E-state index contributed by atoms with van der Waals surface area (Å²) in [5, 5.41) is 11.2. The Labute approximate surface area is 277 Å². The van der Waals surface area contributed by atoms with Crippen LogP contribution in [0.15, 0.2) is 79.2 Å². The molecule has 0 amide bonds. The number of nitrogens with zero attached hydrogens (tertiary/aromatic N) is 5. The maximum Gasteiger partial charge on any atom is 0.347 e. The Kier molecular flexibility index (Phi) is 7.39. The zero-order valence-electron chi connectivity index (χ0n) is 26.4. The minimum Gasteiger partial charge on any atom is -0.508 e. The van der Waals surface area contributed by atoms with Crippen molar-refractivity contribution in [1.82, 2.24) is 23.5 Å². The number of hydrogen-bond donors (Lipinski definition) is 1. The van der Waals surface area contributed by atoms with Gasteiger partial charge in [0.05, 0.1) is 37.8 Å². The lowest BCUT2D eigenvalue weighted by Crippen LogP contribution is -2.40. The smallest absolute Gasteiger partial charge is 0.347 e. The molecule has 0 spiro atoms. The van der Waals surface area contributed by atoms with E-state index in [1.165, 1.54) is 52.4 Å². The third-order valence-corrected chi connectivity index (χ3v) is 9.67. The molecule has 2 aromatic heterocycles. The van der Waals surface area contributed by atoms with Crippen LogP contribution in [-0.2, 0) is 36.1 Å². The number of hydrogen-bond acceptors (Lipinski definition) is 9. The Hall–Kier alpha value is -5.43. The van der Waals surface area contributed by atoms with Crippen molar-refractivity contribution in [2.24, 2.45) is 7.05 Å². The average molecular weight is 672 g/mol. The molecular formula is C34H30ClN5O8. The van der Waals surface area contributed by atoms with Crippen LogP contribution in [0.1, 0.15) is 36.6 Å². The molecular weight excluding hydrogens is 642 g/mol. The van der Waals surface area contributed by atoms with E-state index in [4.69, 9.17) is 21.1 Å². The standard InChI is InChI=1S/C34H30ClN5O8/c1-16-11-26(42)30-20(31(16)43)13-23-18(29(30)19-12-17(35)5-6-25(19)41)7-10-39-33(45)38(34(46)40(23)39)9-8-21-32(44)37(2)24-15-28(48-4)27(47-3)14-22(24)36-21/h5-7,11-12,14-15,23,29,41H,8-10,13H2,1-4H3/t23-,29-/m1/s1. The summed E-state index contributed by atoms with van der Waals surface area (Å²) < 4.78 is 15.8. The fourth-order valence-corrected chi connectivity index (χ4v) is 7.28. The van der Waals surface area contributed by atoms with Crippen molar-refractivity contribution in [3.05, 3.63) is 112 Å². The second-order valence-corrected chi connectivity index (χ2v) is 12.4. The summed E-state index contributed by atoms with van der Waals surface area (Å²) in [5.74, 6) is -0.839. The fraction of sp³-hybridized carbons (Fsp3) is 0.294. The first-order chi connectivity index (χ1) is 22.9. The molecule has 7 rings (SSSR count). The molecule has 3 aliphatic rings. The van der Waals surface area contributed by atoms with Gasteiger partial charge in [0, 0.05) is 71.8 Å². The maximum absolute atomic E-state index is 14.1. The summed E-state index contributed by atoms with van der Waals surface area (Å²) in [5.41, 5.74) is 1.13. The molecule has 0 saturated carbocycles. The highest BCUT2D eigenvalue weighted by Crippen LogP contribution is 2.51. The Morgan fingerprint density at radius 3 is 2.48 bits per heavy atom. The lowest BCUT2D eigenvalue weighted by molar-refractivity contribution is -0.116. The van der Waals surface area contributed by atoms with Crippen LogP contribution in [0.4, 0.5) is 0 Å². The van der Waals surface area contributed by atoms with Crippen LogP contribution in [0.5, 0.6) is 17.2 Å². The van der Waals surface area contributed by atoms with Crippen LogP contribution in [0, 0.1) is 0 Å². The zero-order valence-corrected chi connectivity index (χ0v) is 27.2. The van der Waals surface area contributed by atoms with Gasteiger partial charge in [-0.15, -0.1) is 0 Å². The normalized spacial score (nSPS) is 18.7. The maximum atomic E-state index is 14.1. The first-order valence-electron chi connectivity index (χ1n) is 15.2. The van der Waals surface area contributed by atoms with Gasteiger partial charge in [0.15, 0.2) is 23.1 Å². The van der Waals surface area contributed by atoms with Crippen LogP contribution < -0.4 is 26.4 Å². The predicted molar refractivity (Wildman–Crippen MR) is 175 cm³/mol. The number of halogens is 1. The van der Waals surface area contributed by atoms with Crippen molar-refractivity contribution >= 4 is 34.2 Å². The molecule has 0 unspecified atom stereocenters. The Morgan fingerprint density at radius 2 is 1.75 bits per heavy atom. The average Bonchev–Trinajstić information content (AvgIpc) is 3.32. The molecule has 0 radical (unpaired) electrons. The number of ketones is 2. The summed E-state index contributed by atoms with van der Waals surface area (Å²) in [6.07, 6.45) is 3.02. The fourth-order valence-electron chi connectivity index (χ4n) is 7.10. The van der Waals surface area contributed by atoms with E-state index in [0.717, 1.165) is 4.57 Å². The van der Waals surface area contributed by atoms with Gasteiger partial charge in [0.25, 0.3) is 5.56 Å². The van der Waals surface area contributed by atoms with Crippen LogP contribution in [-0.4, -0.2) is 54.4 Å².